The molecule has 3 aromatic rings. The summed E-state index contributed by atoms with van der Waals surface area (Å²) in [6.07, 6.45) is -23.1. The SMILES string of the molecule is [Na+].[O]=[Sb]([O-])([O][Sb](=[O])([O][Sb](=[O])([OH])[c]1ccc(NC2OC(CO)C(O)C(O)C2O)cc1)[c]1ccc(NC2OC(CO)C(O)C(O)C2O)cc1)[c]1ccc(NC2OC(CO)C(O)C(O)C2O)cc1. The molecule has 6 rings (SSSR count). The number of benzene rings is 3. The summed E-state index contributed by atoms with van der Waals surface area (Å²) < 4.78 is 93.7. The number of aliphatic hydroxyl groups is 12. The van der Waals surface area contributed by atoms with Gasteiger partial charge >= 0.3 is 410 Å². The molecule has 0 aromatic heterocycles. The molecular formula is C36H49N3NaO22Sb3. The molecule has 29 heteroatoms. The summed E-state index contributed by atoms with van der Waals surface area (Å²) in [5.74, 6) is 0. The quantitative estimate of drug-likeness (QED) is 0.0592. The van der Waals surface area contributed by atoms with Crippen LogP contribution < -0.4 is 59.4 Å². The molecule has 0 radical (unpaired) electrons. The molecule has 0 amide bonds. The van der Waals surface area contributed by atoms with Crippen LogP contribution in [0.5, 0.6) is 0 Å². The monoisotopic (exact) mass is 1260 g/mol. The fourth-order valence-corrected chi connectivity index (χ4v) is 36.7. The van der Waals surface area contributed by atoms with Crippen molar-refractivity contribution in [2.75, 3.05) is 35.8 Å². The molecule has 356 valence electrons. The van der Waals surface area contributed by atoms with Crippen molar-refractivity contribution < 1.29 is 123 Å². The Balaban J connectivity index is 0.00000793. The van der Waals surface area contributed by atoms with Crippen molar-refractivity contribution in [3.8, 4) is 0 Å². The first-order chi connectivity index (χ1) is 30.1. The van der Waals surface area contributed by atoms with Crippen molar-refractivity contribution in [1.29, 1.82) is 0 Å². The molecule has 16 N–H and O–H groups in total. The van der Waals surface area contributed by atoms with Gasteiger partial charge in [-0.15, -0.1) is 0 Å². The van der Waals surface area contributed by atoms with Crippen LogP contribution in [-0.2, 0) is 25.9 Å². The molecule has 0 bridgehead atoms. The Bertz CT molecular complexity index is 2060. The zero-order valence-corrected chi connectivity index (χ0v) is 43.7. The first kappa shape index (κ1) is 55.1. The third-order valence-corrected chi connectivity index (χ3v) is 37.7. The molecule has 3 fully saturated rings. The van der Waals surface area contributed by atoms with Crippen LogP contribution >= 0.6 is 0 Å². The van der Waals surface area contributed by atoms with Crippen LogP contribution in [0.3, 0.4) is 0 Å². The second-order valence-corrected chi connectivity index (χ2v) is 35.3. The van der Waals surface area contributed by atoms with E-state index in [4.69, 9.17) is 16.8 Å². The third kappa shape index (κ3) is 12.6. The van der Waals surface area contributed by atoms with Gasteiger partial charge in [0.05, 0.1) is 0 Å². The fourth-order valence-electron chi connectivity index (χ4n) is 6.87. The van der Waals surface area contributed by atoms with E-state index in [1.165, 1.54) is 36.4 Å². The molecule has 3 aromatic carbocycles. The Morgan fingerprint density at radius 2 is 0.754 bits per heavy atom. The van der Waals surface area contributed by atoms with Crippen LogP contribution in [0, 0.1) is 0 Å². The Morgan fingerprint density at radius 3 is 1.06 bits per heavy atom. The van der Waals surface area contributed by atoms with Crippen LogP contribution in [0.25, 0.3) is 0 Å². The molecule has 0 aliphatic carbocycles. The van der Waals surface area contributed by atoms with Crippen LogP contribution in [0.1, 0.15) is 0 Å². The summed E-state index contributed by atoms with van der Waals surface area (Å²) >= 11 is -19.9. The van der Waals surface area contributed by atoms with E-state index in [0.717, 1.165) is 36.4 Å². The van der Waals surface area contributed by atoms with Crippen LogP contribution in [-0.4, -0.2) is 235 Å². The van der Waals surface area contributed by atoms with Crippen LogP contribution in [0.2, 0.25) is 0 Å². The van der Waals surface area contributed by atoms with E-state index >= 15 is 0 Å². The molecule has 18 atom stereocenters. The van der Waals surface area contributed by atoms with E-state index in [-0.39, 0.29) is 46.6 Å². The van der Waals surface area contributed by atoms with Gasteiger partial charge in [0.2, 0.25) is 0 Å². The Morgan fingerprint density at radius 1 is 0.462 bits per heavy atom. The zero-order valence-electron chi connectivity index (χ0n) is 34.0. The standard InChI is InChI=1S/3C12H16NO5.Na.H2O.6O.3Sb/c3*14-6-8-9(15)10(16)11(17)12(18-8)13-7-4-2-1-3-5-7;;;;;;;;;;;/h3*2-5,8-17H,6H2;;1H2;;;;;;;;;/q;;;+1;;;;;;;-1;;;+1/p-1. The summed E-state index contributed by atoms with van der Waals surface area (Å²) in [6.45, 7) is -2.13. The van der Waals surface area contributed by atoms with Crippen molar-refractivity contribution in [2.45, 2.75) is 91.9 Å². The van der Waals surface area contributed by atoms with Gasteiger partial charge in [0.1, 0.15) is 0 Å². The van der Waals surface area contributed by atoms with E-state index in [0.29, 0.717) is 0 Å². The van der Waals surface area contributed by atoms with E-state index in [9.17, 15) is 77.1 Å². The number of aliphatic hydroxyl groups excluding tert-OH is 12. The maximum atomic E-state index is 14.8. The molecule has 3 aliphatic rings. The third-order valence-electron chi connectivity index (χ3n) is 10.6. The van der Waals surface area contributed by atoms with Gasteiger partial charge in [-0.3, -0.25) is 0 Å². The maximum absolute atomic E-state index is 14.8. The van der Waals surface area contributed by atoms with Crippen molar-refractivity contribution in [2.24, 2.45) is 0 Å². The van der Waals surface area contributed by atoms with Gasteiger partial charge in [0.25, 0.3) is 0 Å². The Labute approximate surface area is 406 Å². The molecule has 65 heavy (non-hydrogen) atoms. The summed E-state index contributed by atoms with van der Waals surface area (Å²) in [5, 5.41) is 129. The van der Waals surface area contributed by atoms with Gasteiger partial charge in [-0.25, -0.2) is 0 Å². The van der Waals surface area contributed by atoms with E-state index in [1.54, 1.807) is 0 Å². The predicted octanol–water partition coefficient (Wildman–Crippen LogP) is -12.2. The molecular weight excluding hydrogens is 1210 g/mol. The minimum atomic E-state index is -6.73. The van der Waals surface area contributed by atoms with Gasteiger partial charge in [0.15, 0.2) is 0 Å². The van der Waals surface area contributed by atoms with Gasteiger partial charge in [-0.2, -0.15) is 0 Å². The molecule has 0 spiro atoms. The molecule has 18 unspecified atom stereocenters. The first-order valence-electron chi connectivity index (χ1n) is 19.3. The number of hydrogen-bond donors (Lipinski definition) is 16. The van der Waals surface area contributed by atoms with Crippen molar-refractivity contribution in [1.82, 2.24) is 0 Å². The Kier molecular flexibility index (Phi) is 19.4. The second-order valence-electron chi connectivity index (χ2n) is 15.0. The molecule has 3 saturated heterocycles. The number of hydrogen-bond acceptors (Lipinski definition) is 24. The zero-order chi connectivity index (χ0) is 46.9. The second kappa shape index (κ2) is 22.9. The van der Waals surface area contributed by atoms with E-state index in [2.05, 4.69) is 16.0 Å². The number of rotatable bonds is 16. The van der Waals surface area contributed by atoms with E-state index < -0.39 is 181 Å². The summed E-state index contributed by atoms with van der Waals surface area (Å²) in [7, 11) is 0. The number of ether oxygens (including phenoxy) is 3. The normalized spacial score (nSPS) is 35.6. The average Bonchev–Trinajstić information content (AvgIpc) is 3.27. The van der Waals surface area contributed by atoms with Crippen molar-refractivity contribution in [3.63, 3.8) is 0 Å². The van der Waals surface area contributed by atoms with Gasteiger partial charge in [-0.05, 0) is 0 Å². The van der Waals surface area contributed by atoms with Crippen molar-refractivity contribution >= 4 is 86.5 Å². The Hall–Kier alpha value is -0.845. The topological polar surface area (TPSA) is 420 Å². The number of nitrogens with one attached hydrogen (secondary N) is 3. The summed E-state index contributed by atoms with van der Waals surface area (Å²) in [4.78, 5) is 0. The van der Waals surface area contributed by atoms with Crippen LogP contribution in [0.4, 0.5) is 17.1 Å². The number of anilines is 3. The van der Waals surface area contributed by atoms with Crippen molar-refractivity contribution in [3.05, 3.63) is 72.8 Å². The minimum absolute atomic E-state index is 0. The van der Waals surface area contributed by atoms with Crippen LogP contribution in [0.15, 0.2) is 72.8 Å². The van der Waals surface area contributed by atoms with Gasteiger partial charge in [0, 0.05) is 0 Å². The molecule has 3 heterocycles. The van der Waals surface area contributed by atoms with Gasteiger partial charge < -0.3 is 0 Å². The first-order valence-corrected chi connectivity index (χ1v) is 32.6. The molecule has 3 aliphatic heterocycles. The summed E-state index contributed by atoms with van der Waals surface area (Å²) in [6, 6.07) is 13.4. The fraction of sp³-hybridized carbons (Fsp3) is 0.500. The summed E-state index contributed by atoms with van der Waals surface area (Å²) in [5.41, 5.74) is 0.321. The molecule has 0 saturated carbocycles. The van der Waals surface area contributed by atoms with E-state index in [1.807, 2.05) is 0 Å². The molecule has 25 nitrogen and oxygen atoms in total. The predicted molar refractivity (Wildman–Crippen MR) is 214 cm³/mol. The average molecular weight is 1260 g/mol. The van der Waals surface area contributed by atoms with Gasteiger partial charge in [-0.1, -0.05) is 0 Å².